The van der Waals surface area contributed by atoms with Crippen LogP contribution in [0.1, 0.15) is 20.3 Å². The molecule has 1 rings (SSSR count). The molecule has 12 heavy (non-hydrogen) atoms. The number of hydrogen-bond acceptors (Lipinski definition) is 3. The summed E-state index contributed by atoms with van der Waals surface area (Å²) in [5.41, 5.74) is 0. The molecule has 3 atom stereocenters. The minimum atomic E-state index is 0.660. The molecule has 0 saturated carbocycles. The second-order valence-corrected chi connectivity index (χ2v) is 5.86. The van der Waals surface area contributed by atoms with Crippen molar-refractivity contribution in [3.05, 3.63) is 0 Å². The SMILES string of the molecule is CCC1SCCSC1C(C)NC. The maximum atomic E-state index is 3.36. The number of nitrogens with one attached hydrogen (secondary N) is 1. The lowest BCUT2D eigenvalue weighted by atomic mass is 10.1. The van der Waals surface area contributed by atoms with E-state index in [1.807, 2.05) is 0 Å². The van der Waals surface area contributed by atoms with Crippen LogP contribution < -0.4 is 5.32 Å². The standard InChI is InChI=1S/C9H19NS2/c1-4-8-9(7(2)10-3)12-6-5-11-8/h7-10H,4-6H2,1-3H3. The molecular formula is C9H19NS2. The Labute approximate surface area is 84.4 Å². The molecule has 1 aliphatic rings. The first-order valence-electron chi connectivity index (χ1n) is 4.70. The van der Waals surface area contributed by atoms with Gasteiger partial charge in [0.15, 0.2) is 0 Å². The van der Waals surface area contributed by atoms with Gasteiger partial charge in [0.25, 0.3) is 0 Å². The van der Waals surface area contributed by atoms with Gasteiger partial charge in [-0.2, -0.15) is 23.5 Å². The molecule has 3 unspecified atom stereocenters. The van der Waals surface area contributed by atoms with Gasteiger partial charge in [-0.05, 0) is 20.4 Å². The van der Waals surface area contributed by atoms with Crippen molar-refractivity contribution in [1.82, 2.24) is 5.32 Å². The first-order chi connectivity index (χ1) is 5.79. The molecule has 1 fully saturated rings. The Morgan fingerprint density at radius 2 is 2.08 bits per heavy atom. The highest BCUT2D eigenvalue weighted by atomic mass is 32.2. The van der Waals surface area contributed by atoms with Crippen LogP contribution >= 0.6 is 23.5 Å². The van der Waals surface area contributed by atoms with Gasteiger partial charge in [0.1, 0.15) is 0 Å². The van der Waals surface area contributed by atoms with Gasteiger partial charge in [-0.15, -0.1) is 0 Å². The summed E-state index contributed by atoms with van der Waals surface area (Å²) in [6.45, 7) is 4.60. The van der Waals surface area contributed by atoms with Crippen molar-refractivity contribution < 1.29 is 0 Å². The van der Waals surface area contributed by atoms with Crippen LogP contribution in [0.15, 0.2) is 0 Å². The molecule has 1 aliphatic heterocycles. The zero-order valence-corrected chi connectivity index (χ0v) is 9.80. The lowest BCUT2D eigenvalue weighted by Gasteiger charge is -2.34. The Morgan fingerprint density at radius 3 is 2.67 bits per heavy atom. The fourth-order valence-electron chi connectivity index (χ4n) is 1.57. The third kappa shape index (κ3) is 2.57. The van der Waals surface area contributed by atoms with E-state index in [4.69, 9.17) is 0 Å². The molecule has 0 aromatic rings. The third-order valence-electron chi connectivity index (χ3n) is 2.44. The molecule has 0 bridgehead atoms. The maximum absolute atomic E-state index is 3.36. The van der Waals surface area contributed by atoms with Crippen LogP contribution in [0, 0.1) is 0 Å². The summed E-state index contributed by atoms with van der Waals surface area (Å²) in [7, 11) is 2.07. The van der Waals surface area contributed by atoms with E-state index in [2.05, 4.69) is 49.7 Å². The van der Waals surface area contributed by atoms with Crippen LogP contribution in [-0.4, -0.2) is 35.1 Å². The predicted octanol–water partition coefficient (Wildman–Crippen LogP) is 2.22. The largest absolute Gasteiger partial charge is 0.316 e. The minimum Gasteiger partial charge on any atom is -0.316 e. The van der Waals surface area contributed by atoms with Crippen LogP contribution in [0.2, 0.25) is 0 Å². The van der Waals surface area contributed by atoms with Crippen molar-refractivity contribution in [1.29, 1.82) is 0 Å². The molecule has 0 spiro atoms. The van der Waals surface area contributed by atoms with E-state index in [9.17, 15) is 0 Å². The van der Waals surface area contributed by atoms with Gasteiger partial charge >= 0.3 is 0 Å². The first kappa shape index (κ1) is 10.7. The Kier molecular flexibility index (Phi) is 4.84. The van der Waals surface area contributed by atoms with Crippen LogP contribution in [-0.2, 0) is 0 Å². The summed E-state index contributed by atoms with van der Waals surface area (Å²) < 4.78 is 0. The fraction of sp³-hybridized carbons (Fsp3) is 1.00. The normalized spacial score (nSPS) is 33.2. The highest BCUT2D eigenvalue weighted by molar-refractivity contribution is 8.07. The van der Waals surface area contributed by atoms with Crippen LogP contribution in [0.4, 0.5) is 0 Å². The summed E-state index contributed by atoms with van der Waals surface area (Å²) >= 11 is 4.30. The monoisotopic (exact) mass is 205 g/mol. The van der Waals surface area contributed by atoms with E-state index in [1.54, 1.807) is 0 Å². The zero-order chi connectivity index (χ0) is 8.97. The molecule has 0 aromatic heterocycles. The zero-order valence-electron chi connectivity index (χ0n) is 8.17. The molecule has 0 radical (unpaired) electrons. The maximum Gasteiger partial charge on any atom is 0.0317 e. The lowest BCUT2D eigenvalue weighted by molar-refractivity contribution is 0.558. The average molecular weight is 205 g/mol. The van der Waals surface area contributed by atoms with Gasteiger partial charge in [-0.1, -0.05) is 6.92 Å². The number of hydrogen-bond donors (Lipinski definition) is 1. The molecule has 0 amide bonds. The van der Waals surface area contributed by atoms with Gasteiger partial charge in [0.05, 0.1) is 0 Å². The second-order valence-electron chi connectivity index (χ2n) is 3.23. The summed E-state index contributed by atoms with van der Waals surface area (Å²) in [5, 5.41) is 5.05. The second kappa shape index (κ2) is 5.40. The highest BCUT2D eigenvalue weighted by Gasteiger charge is 2.28. The number of rotatable bonds is 3. The van der Waals surface area contributed by atoms with Gasteiger partial charge in [-0.3, -0.25) is 0 Å². The third-order valence-corrected chi connectivity index (χ3v) is 5.93. The summed E-state index contributed by atoms with van der Waals surface area (Å²) in [6, 6.07) is 0.660. The van der Waals surface area contributed by atoms with Crippen molar-refractivity contribution in [2.75, 3.05) is 18.6 Å². The molecule has 1 nitrogen and oxygen atoms in total. The Morgan fingerprint density at radius 1 is 1.42 bits per heavy atom. The molecule has 1 N–H and O–H groups in total. The van der Waals surface area contributed by atoms with Crippen LogP contribution in [0.3, 0.4) is 0 Å². The molecule has 0 aromatic carbocycles. The molecule has 0 aliphatic carbocycles. The van der Waals surface area contributed by atoms with Crippen molar-refractivity contribution in [2.24, 2.45) is 0 Å². The Hall–Kier alpha value is 0.660. The Balaban J connectivity index is 2.46. The Bertz CT molecular complexity index is 130. The predicted molar refractivity (Wildman–Crippen MR) is 61.3 cm³/mol. The highest BCUT2D eigenvalue weighted by Crippen LogP contribution is 2.34. The van der Waals surface area contributed by atoms with Crippen molar-refractivity contribution in [3.8, 4) is 0 Å². The van der Waals surface area contributed by atoms with E-state index >= 15 is 0 Å². The molecule has 72 valence electrons. The van der Waals surface area contributed by atoms with Crippen LogP contribution in [0.5, 0.6) is 0 Å². The van der Waals surface area contributed by atoms with Crippen molar-refractivity contribution >= 4 is 23.5 Å². The van der Waals surface area contributed by atoms with E-state index < -0.39 is 0 Å². The average Bonchev–Trinajstić information content (AvgIpc) is 2.16. The van der Waals surface area contributed by atoms with Crippen LogP contribution in [0.25, 0.3) is 0 Å². The molecule has 1 saturated heterocycles. The van der Waals surface area contributed by atoms with Crippen molar-refractivity contribution in [2.45, 2.75) is 36.8 Å². The topological polar surface area (TPSA) is 12.0 Å². The van der Waals surface area contributed by atoms with Gasteiger partial charge < -0.3 is 5.32 Å². The fourth-order valence-corrected chi connectivity index (χ4v) is 4.88. The summed E-state index contributed by atoms with van der Waals surface area (Å²) in [4.78, 5) is 0. The molecular weight excluding hydrogens is 186 g/mol. The van der Waals surface area contributed by atoms with Gasteiger partial charge in [-0.25, -0.2) is 0 Å². The molecule has 3 heteroatoms. The summed E-state index contributed by atoms with van der Waals surface area (Å²) in [6.07, 6.45) is 1.31. The van der Waals surface area contributed by atoms with E-state index in [1.165, 1.54) is 17.9 Å². The minimum absolute atomic E-state index is 0.660. The molecule has 1 heterocycles. The smallest absolute Gasteiger partial charge is 0.0317 e. The van der Waals surface area contributed by atoms with E-state index in [0.29, 0.717) is 6.04 Å². The summed E-state index contributed by atoms with van der Waals surface area (Å²) in [5.74, 6) is 2.67. The van der Waals surface area contributed by atoms with E-state index in [0.717, 1.165) is 10.5 Å². The first-order valence-corrected chi connectivity index (χ1v) is 6.79. The van der Waals surface area contributed by atoms with Gasteiger partial charge in [0, 0.05) is 28.0 Å². The quantitative estimate of drug-likeness (QED) is 0.759. The number of thioether (sulfide) groups is 2. The van der Waals surface area contributed by atoms with Crippen molar-refractivity contribution in [3.63, 3.8) is 0 Å². The van der Waals surface area contributed by atoms with E-state index in [-0.39, 0.29) is 0 Å². The van der Waals surface area contributed by atoms with Gasteiger partial charge in [0.2, 0.25) is 0 Å². The lowest BCUT2D eigenvalue weighted by Crippen LogP contribution is -2.41.